The number of aromatic nitrogens is 2. The van der Waals surface area contributed by atoms with Gasteiger partial charge in [0.05, 0.1) is 6.04 Å². The highest BCUT2D eigenvalue weighted by Gasteiger charge is 2.48. The maximum atomic E-state index is 17.4. The van der Waals surface area contributed by atoms with E-state index in [4.69, 9.17) is 9.47 Å². The van der Waals surface area contributed by atoms with E-state index in [9.17, 15) is 0 Å². The van der Waals surface area contributed by atoms with Crippen molar-refractivity contribution >= 4 is 0 Å². The number of pyridine rings is 2. The molecule has 29 heavy (non-hydrogen) atoms. The fraction of sp³-hybridized carbons (Fsp3) is 0.304. The number of rotatable bonds is 5. The van der Waals surface area contributed by atoms with E-state index in [2.05, 4.69) is 14.9 Å². The van der Waals surface area contributed by atoms with Crippen LogP contribution < -0.4 is 9.47 Å². The third-order valence-electron chi connectivity index (χ3n) is 5.76. The molecule has 1 aromatic carbocycles. The summed E-state index contributed by atoms with van der Waals surface area (Å²) in [6.07, 6.45) is 8.66. The Morgan fingerprint density at radius 1 is 0.897 bits per heavy atom. The van der Waals surface area contributed by atoms with Crippen molar-refractivity contribution in [2.75, 3.05) is 19.9 Å². The largest absolute Gasteiger partial charge is 0.454 e. The van der Waals surface area contributed by atoms with Crippen LogP contribution in [0.1, 0.15) is 35.6 Å². The van der Waals surface area contributed by atoms with Crippen molar-refractivity contribution in [3.63, 3.8) is 0 Å². The van der Waals surface area contributed by atoms with Gasteiger partial charge in [0, 0.05) is 35.9 Å². The van der Waals surface area contributed by atoms with Gasteiger partial charge in [-0.15, -0.1) is 0 Å². The summed E-state index contributed by atoms with van der Waals surface area (Å²) in [4.78, 5) is 10.6. The summed E-state index contributed by atoms with van der Waals surface area (Å²) in [6, 6.07) is 12.3. The number of fused-ring (bicyclic) bond motifs is 1. The molecule has 2 aromatic heterocycles. The van der Waals surface area contributed by atoms with Crippen LogP contribution in [0.15, 0.2) is 67.3 Å². The summed E-state index contributed by atoms with van der Waals surface area (Å²) in [6.45, 7) is 1.87. The molecule has 1 unspecified atom stereocenters. The van der Waals surface area contributed by atoms with E-state index in [1.807, 2.05) is 18.2 Å². The fourth-order valence-corrected chi connectivity index (χ4v) is 4.41. The zero-order valence-corrected chi connectivity index (χ0v) is 16.0. The molecule has 3 aromatic rings. The Labute approximate surface area is 169 Å². The standard InChI is InChI=1S/C23H22FN3O2/c24-23(18-5-3-9-25-14-18,19-6-4-10-26-15-19)22(27-11-1-2-12-27)17-7-8-20-21(13-17)29-16-28-20/h3-10,13-15,22H,1-2,11-12,16H2. The number of ether oxygens (including phenoxy) is 2. The molecule has 1 atom stereocenters. The predicted octanol–water partition coefficient (Wildman–Crippen LogP) is 4.26. The Morgan fingerprint density at radius 2 is 1.55 bits per heavy atom. The summed E-state index contributed by atoms with van der Waals surface area (Å²) in [5, 5.41) is 0. The molecule has 0 N–H and O–H groups in total. The van der Waals surface area contributed by atoms with Crippen LogP contribution in [0.25, 0.3) is 0 Å². The van der Waals surface area contributed by atoms with E-state index >= 15 is 4.39 Å². The van der Waals surface area contributed by atoms with Gasteiger partial charge in [-0.05, 0) is 55.8 Å². The topological polar surface area (TPSA) is 47.5 Å². The van der Waals surface area contributed by atoms with Gasteiger partial charge in [0.15, 0.2) is 17.2 Å². The minimum absolute atomic E-state index is 0.194. The van der Waals surface area contributed by atoms with E-state index in [0.29, 0.717) is 22.6 Å². The van der Waals surface area contributed by atoms with Crippen molar-refractivity contribution in [2.45, 2.75) is 24.6 Å². The highest BCUT2D eigenvalue weighted by molar-refractivity contribution is 5.48. The first-order chi connectivity index (χ1) is 14.3. The van der Waals surface area contributed by atoms with Crippen LogP contribution in [0, 0.1) is 0 Å². The van der Waals surface area contributed by atoms with Crippen LogP contribution in [0.4, 0.5) is 4.39 Å². The Bertz CT molecular complexity index is 938. The number of benzene rings is 1. The van der Waals surface area contributed by atoms with Crippen molar-refractivity contribution in [2.24, 2.45) is 0 Å². The minimum Gasteiger partial charge on any atom is -0.454 e. The third-order valence-corrected chi connectivity index (χ3v) is 5.76. The molecule has 148 valence electrons. The van der Waals surface area contributed by atoms with E-state index in [1.54, 1.807) is 49.1 Å². The second-order valence-corrected chi connectivity index (χ2v) is 7.45. The lowest BCUT2D eigenvalue weighted by Crippen LogP contribution is -2.41. The molecule has 2 aliphatic heterocycles. The molecular weight excluding hydrogens is 369 g/mol. The van der Waals surface area contributed by atoms with Crippen LogP contribution in [0.2, 0.25) is 0 Å². The number of alkyl halides is 1. The zero-order chi connectivity index (χ0) is 19.7. The number of hydrogen-bond acceptors (Lipinski definition) is 5. The van der Waals surface area contributed by atoms with Crippen LogP contribution >= 0.6 is 0 Å². The van der Waals surface area contributed by atoms with Gasteiger partial charge in [-0.3, -0.25) is 14.9 Å². The molecule has 1 saturated heterocycles. The molecule has 6 heteroatoms. The third kappa shape index (κ3) is 3.13. The quantitative estimate of drug-likeness (QED) is 0.651. The van der Waals surface area contributed by atoms with Gasteiger partial charge in [-0.25, -0.2) is 4.39 Å². The first-order valence-electron chi connectivity index (χ1n) is 9.90. The van der Waals surface area contributed by atoms with Crippen LogP contribution in [-0.4, -0.2) is 34.8 Å². The summed E-state index contributed by atoms with van der Waals surface area (Å²) in [7, 11) is 0. The number of halogens is 1. The molecule has 5 nitrogen and oxygen atoms in total. The molecule has 0 saturated carbocycles. The fourth-order valence-electron chi connectivity index (χ4n) is 4.41. The second kappa shape index (κ2) is 7.44. The molecule has 0 spiro atoms. The Morgan fingerprint density at radius 3 is 2.17 bits per heavy atom. The van der Waals surface area contributed by atoms with Crippen molar-refractivity contribution in [1.29, 1.82) is 0 Å². The molecule has 0 aliphatic carbocycles. The first-order valence-corrected chi connectivity index (χ1v) is 9.90. The van der Waals surface area contributed by atoms with E-state index in [0.717, 1.165) is 31.5 Å². The molecule has 1 fully saturated rings. The summed E-state index contributed by atoms with van der Waals surface area (Å²) < 4.78 is 28.5. The lowest BCUT2D eigenvalue weighted by atomic mass is 9.79. The highest BCUT2D eigenvalue weighted by atomic mass is 19.1. The maximum absolute atomic E-state index is 17.4. The second-order valence-electron chi connectivity index (χ2n) is 7.45. The average molecular weight is 391 g/mol. The summed E-state index contributed by atoms with van der Waals surface area (Å²) in [5.74, 6) is 1.35. The Kier molecular flexibility index (Phi) is 4.64. The van der Waals surface area contributed by atoms with Gasteiger partial charge in [-0.2, -0.15) is 0 Å². The van der Waals surface area contributed by atoms with E-state index in [1.165, 1.54) is 0 Å². The lowest BCUT2D eigenvalue weighted by Gasteiger charge is -2.40. The number of likely N-dealkylation sites (tertiary alicyclic amines) is 1. The maximum Gasteiger partial charge on any atom is 0.231 e. The number of hydrogen-bond donors (Lipinski definition) is 0. The predicted molar refractivity (Wildman–Crippen MR) is 106 cm³/mol. The van der Waals surface area contributed by atoms with Crippen LogP contribution in [-0.2, 0) is 5.67 Å². The SMILES string of the molecule is FC(c1cccnc1)(c1cccnc1)C(c1ccc2c(c1)OCO2)N1CCCC1. The zero-order valence-electron chi connectivity index (χ0n) is 16.0. The highest BCUT2D eigenvalue weighted by Crippen LogP contribution is 2.49. The molecule has 0 amide bonds. The van der Waals surface area contributed by atoms with Crippen LogP contribution in [0.3, 0.4) is 0 Å². The van der Waals surface area contributed by atoms with Gasteiger partial charge in [0.2, 0.25) is 6.79 Å². The van der Waals surface area contributed by atoms with E-state index < -0.39 is 11.7 Å². The Balaban J connectivity index is 1.71. The van der Waals surface area contributed by atoms with Gasteiger partial charge in [-0.1, -0.05) is 18.2 Å². The van der Waals surface area contributed by atoms with Crippen LogP contribution in [0.5, 0.6) is 11.5 Å². The minimum atomic E-state index is -1.82. The van der Waals surface area contributed by atoms with Gasteiger partial charge >= 0.3 is 0 Å². The van der Waals surface area contributed by atoms with Crippen molar-refractivity contribution in [1.82, 2.24) is 14.9 Å². The smallest absolute Gasteiger partial charge is 0.231 e. The van der Waals surface area contributed by atoms with Gasteiger partial charge in [0.1, 0.15) is 0 Å². The molecule has 0 bridgehead atoms. The molecular formula is C23H22FN3O2. The van der Waals surface area contributed by atoms with Gasteiger partial charge < -0.3 is 9.47 Å². The van der Waals surface area contributed by atoms with E-state index in [-0.39, 0.29) is 6.79 Å². The van der Waals surface area contributed by atoms with Crippen molar-refractivity contribution in [3.05, 3.63) is 83.9 Å². The molecule has 0 radical (unpaired) electrons. The first kappa shape index (κ1) is 18.1. The monoisotopic (exact) mass is 391 g/mol. The van der Waals surface area contributed by atoms with Crippen molar-refractivity contribution < 1.29 is 13.9 Å². The Hall–Kier alpha value is -2.99. The molecule has 2 aliphatic rings. The average Bonchev–Trinajstić information content (AvgIpc) is 3.47. The molecule has 5 rings (SSSR count). The summed E-state index contributed by atoms with van der Waals surface area (Å²) >= 11 is 0. The van der Waals surface area contributed by atoms with Crippen molar-refractivity contribution in [3.8, 4) is 11.5 Å². The summed E-state index contributed by atoms with van der Waals surface area (Å²) in [5.41, 5.74) is 0.0667. The lowest BCUT2D eigenvalue weighted by molar-refractivity contribution is 0.0643. The van der Waals surface area contributed by atoms with Gasteiger partial charge in [0.25, 0.3) is 0 Å². The number of nitrogens with zero attached hydrogens (tertiary/aromatic N) is 3. The normalized spacial score (nSPS) is 17.4. The molecule has 4 heterocycles.